The van der Waals surface area contributed by atoms with Crippen molar-refractivity contribution in [1.82, 2.24) is 9.38 Å². The minimum atomic E-state index is -0.573. The van der Waals surface area contributed by atoms with Crippen LogP contribution in [0.2, 0.25) is 0 Å². The van der Waals surface area contributed by atoms with Crippen LogP contribution in [0.4, 0.5) is 14.5 Å². The first-order valence-electron chi connectivity index (χ1n) is 7.92. The van der Waals surface area contributed by atoms with E-state index in [4.69, 9.17) is 0 Å². The maximum atomic E-state index is 14.3. The van der Waals surface area contributed by atoms with E-state index in [1.165, 1.54) is 16.5 Å². The fourth-order valence-electron chi connectivity index (χ4n) is 3.30. The quantitative estimate of drug-likeness (QED) is 0.652. The molecule has 25 heavy (non-hydrogen) atoms. The Kier molecular flexibility index (Phi) is 4.03. The lowest BCUT2D eigenvalue weighted by Crippen LogP contribution is -2.31. The van der Waals surface area contributed by atoms with Crippen LogP contribution < -0.4 is 10.5 Å². The third kappa shape index (κ3) is 3.04. The number of hydrogen-bond acceptors (Lipinski definition) is 3. The van der Waals surface area contributed by atoms with Gasteiger partial charge in [0.2, 0.25) is 0 Å². The zero-order chi connectivity index (χ0) is 17.6. The molecule has 0 unspecified atom stereocenters. The number of fused-ring (bicyclic) bond motifs is 2. The number of benzene rings is 1. The summed E-state index contributed by atoms with van der Waals surface area (Å²) in [5.74, 6) is -1.14. The molecule has 1 aromatic carbocycles. The van der Waals surface area contributed by atoms with E-state index in [0.717, 1.165) is 17.0 Å². The summed E-state index contributed by atoms with van der Waals surface area (Å²) in [7, 11) is 0. The average molecular weight is 406 g/mol. The van der Waals surface area contributed by atoms with Crippen molar-refractivity contribution in [2.45, 2.75) is 19.4 Å². The van der Waals surface area contributed by atoms with E-state index < -0.39 is 11.6 Å². The lowest BCUT2D eigenvalue weighted by molar-refractivity contribution is 0.561. The molecule has 1 aliphatic heterocycles. The van der Waals surface area contributed by atoms with Crippen LogP contribution in [-0.2, 0) is 13.0 Å². The molecule has 128 valence electrons. The van der Waals surface area contributed by atoms with E-state index in [1.807, 2.05) is 11.0 Å². The number of hydrogen-bond donors (Lipinski definition) is 0. The van der Waals surface area contributed by atoms with Gasteiger partial charge in [-0.1, -0.05) is 0 Å². The lowest BCUT2D eigenvalue weighted by Gasteiger charge is -2.31. The molecule has 0 spiro atoms. The molecule has 0 bridgehead atoms. The van der Waals surface area contributed by atoms with E-state index in [0.29, 0.717) is 42.1 Å². The number of pyridine rings is 1. The smallest absolute Gasteiger partial charge is 0.258 e. The Hall–Kier alpha value is -2.28. The van der Waals surface area contributed by atoms with E-state index in [1.54, 1.807) is 12.3 Å². The molecule has 4 nitrogen and oxygen atoms in total. The molecule has 3 aromatic rings. The highest BCUT2D eigenvalue weighted by Crippen LogP contribution is 2.31. The fraction of sp³-hybridized carbons (Fsp3) is 0.222. The highest BCUT2D eigenvalue weighted by Gasteiger charge is 2.22. The van der Waals surface area contributed by atoms with Gasteiger partial charge >= 0.3 is 0 Å². The van der Waals surface area contributed by atoms with Crippen LogP contribution in [0.5, 0.6) is 0 Å². The first-order chi connectivity index (χ1) is 12.0. The molecule has 0 saturated heterocycles. The largest absolute Gasteiger partial charge is 0.363 e. The highest BCUT2D eigenvalue weighted by molar-refractivity contribution is 9.10. The summed E-state index contributed by atoms with van der Waals surface area (Å²) >= 11 is 3.33. The number of halogens is 3. The van der Waals surface area contributed by atoms with Gasteiger partial charge in [-0.2, -0.15) is 0 Å². The molecule has 3 heterocycles. The van der Waals surface area contributed by atoms with Gasteiger partial charge in [-0.15, -0.1) is 0 Å². The van der Waals surface area contributed by atoms with E-state index in [9.17, 15) is 13.6 Å². The van der Waals surface area contributed by atoms with E-state index in [2.05, 4.69) is 20.9 Å². The molecular formula is C18H14BrF2N3O. The molecule has 4 rings (SSSR count). The summed E-state index contributed by atoms with van der Waals surface area (Å²) in [5.41, 5.74) is 1.96. The number of aromatic nitrogens is 2. The number of aryl methyl sites for hydroxylation is 1. The summed E-state index contributed by atoms with van der Waals surface area (Å²) in [4.78, 5) is 18.6. The van der Waals surface area contributed by atoms with Crippen LogP contribution in [0.25, 0.3) is 5.65 Å². The summed E-state index contributed by atoms with van der Waals surface area (Å²) in [6, 6.07) is 7.29. The van der Waals surface area contributed by atoms with Crippen molar-refractivity contribution in [2.75, 3.05) is 11.4 Å². The lowest BCUT2D eigenvalue weighted by atomic mass is 10.0. The number of rotatable bonds is 2. The second-order valence-electron chi connectivity index (χ2n) is 6.08. The minimum Gasteiger partial charge on any atom is -0.363 e. The second kappa shape index (κ2) is 6.22. The molecule has 0 N–H and O–H groups in total. The van der Waals surface area contributed by atoms with Crippen LogP contribution in [-0.4, -0.2) is 15.9 Å². The predicted octanol–water partition coefficient (Wildman–Crippen LogP) is 3.69. The van der Waals surface area contributed by atoms with Crippen LogP contribution in [0.15, 0.2) is 45.8 Å². The normalized spacial score (nSPS) is 14.0. The number of nitrogens with zero attached hydrogens (tertiary/aromatic N) is 3. The van der Waals surface area contributed by atoms with Gasteiger partial charge in [-0.05, 0) is 52.5 Å². The Morgan fingerprint density at radius 3 is 2.88 bits per heavy atom. The van der Waals surface area contributed by atoms with Gasteiger partial charge in [0, 0.05) is 29.3 Å². The standard InChI is InChI=1S/C18H14BrF2N3O/c19-12-3-4-16-22-14(8-17(25)24(16)9-12)10-23-5-1-2-11-6-13(20)7-15(21)18(11)23/h3-4,6-9H,1-2,5,10H2. The summed E-state index contributed by atoms with van der Waals surface area (Å²) in [6.45, 7) is 0.939. The molecule has 0 fully saturated rings. The average Bonchev–Trinajstić information content (AvgIpc) is 2.55. The van der Waals surface area contributed by atoms with Crippen LogP contribution in [0, 0.1) is 11.6 Å². The maximum absolute atomic E-state index is 14.3. The molecule has 0 saturated carbocycles. The first kappa shape index (κ1) is 16.2. The summed E-state index contributed by atoms with van der Waals surface area (Å²) in [6.07, 6.45) is 3.10. The van der Waals surface area contributed by atoms with Crippen LogP contribution in [0.1, 0.15) is 17.7 Å². The van der Waals surface area contributed by atoms with Crippen molar-refractivity contribution in [3.05, 3.63) is 74.2 Å². The van der Waals surface area contributed by atoms with Gasteiger partial charge in [0.15, 0.2) is 0 Å². The van der Waals surface area contributed by atoms with Gasteiger partial charge in [0.1, 0.15) is 17.3 Å². The molecule has 0 aliphatic carbocycles. The molecule has 7 heteroatoms. The van der Waals surface area contributed by atoms with Crippen molar-refractivity contribution in [3.8, 4) is 0 Å². The van der Waals surface area contributed by atoms with Crippen molar-refractivity contribution >= 4 is 27.3 Å². The maximum Gasteiger partial charge on any atom is 0.258 e. The monoisotopic (exact) mass is 405 g/mol. The molecule has 0 amide bonds. The van der Waals surface area contributed by atoms with Crippen molar-refractivity contribution < 1.29 is 8.78 Å². The molecule has 2 aromatic heterocycles. The topological polar surface area (TPSA) is 37.6 Å². The second-order valence-corrected chi connectivity index (χ2v) is 7.00. The molecule has 0 radical (unpaired) electrons. The van der Waals surface area contributed by atoms with E-state index >= 15 is 0 Å². The first-order valence-corrected chi connectivity index (χ1v) is 8.71. The Morgan fingerprint density at radius 2 is 2.04 bits per heavy atom. The third-order valence-electron chi connectivity index (χ3n) is 4.33. The van der Waals surface area contributed by atoms with Crippen molar-refractivity contribution in [3.63, 3.8) is 0 Å². The SMILES string of the molecule is O=c1cc(CN2CCCc3cc(F)cc(F)c32)nc2ccc(Br)cn12. The fourth-order valence-corrected chi connectivity index (χ4v) is 3.63. The van der Waals surface area contributed by atoms with E-state index in [-0.39, 0.29) is 5.56 Å². The number of anilines is 1. The Labute approximate surface area is 150 Å². The van der Waals surface area contributed by atoms with Crippen molar-refractivity contribution in [2.24, 2.45) is 0 Å². The van der Waals surface area contributed by atoms with Gasteiger partial charge in [0.25, 0.3) is 5.56 Å². The summed E-state index contributed by atoms with van der Waals surface area (Å²) in [5, 5.41) is 0. The Bertz CT molecular complexity index is 1030. The zero-order valence-corrected chi connectivity index (χ0v) is 14.8. The van der Waals surface area contributed by atoms with Crippen LogP contribution >= 0.6 is 15.9 Å². The highest BCUT2D eigenvalue weighted by atomic mass is 79.9. The van der Waals surface area contributed by atoms with Gasteiger partial charge < -0.3 is 4.90 Å². The van der Waals surface area contributed by atoms with Gasteiger partial charge in [-0.3, -0.25) is 9.20 Å². The molecular weight excluding hydrogens is 392 g/mol. The molecule has 0 atom stereocenters. The molecule has 1 aliphatic rings. The zero-order valence-electron chi connectivity index (χ0n) is 13.2. The third-order valence-corrected chi connectivity index (χ3v) is 4.80. The Morgan fingerprint density at radius 1 is 1.20 bits per heavy atom. The predicted molar refractivity (Wildman–Crippen MR) is 94.9 cm³/mol. The minimum absolute atomic E-state index is 0.196. The van der Waals surface area contributed by atoms with Gasteiger partial charge in [0.05, 0.1) is 17.9 Å². The Balaban J connectivity index is 1.74. The van der Waals surface area contributed by atoms with Crippen molar-refractivity contribution in [1.29, 1.82) is 0 Å². The van der Waals surface area contributed by atoms with Crippen LogP contribution in [0.3, 0.4) is 0 Å². The van der Waals surface area contributed by atoms with Gasteiger partial charge in [-0.25, -0.2) is 13.8 Å². The summed E-state index contributed by atoms with van der Waals surface area (Å²) < 4.78 is 30.0.